The maximum atomic E-state index is 9.21. The molecule has 1 rings (SSSR count). The van der Waals surface area contributed by atoms with Crippen LogP contribution in [0, 0.1) is 0 Å². The fourth-order valence-corrected chi connectivity index (χ4v) is 1.06. The van der Waals surface area contributed by atoms with Gasteiger partial charge < -0.3 is 10.2 Å². The summed E-state index contributed by atoms with van der Waals surface area (Å²) in [5, 5.41) is 18.4. The molecule has 2 heteroatoms. The molecule has 0 aliphatic rings. The Hall–Kier alpha value is -0.860. The minimum atomic E-state index is -1.72. The highest BCUT2D eigenvalue weighted by molar-refractivity contribution is 5.24. The average Bonchev–Trinajstić information content (AvgIpc) is 2.03. The number of hydrogen-bond donors (Lipinski definition) is 2. The smallest absolute Gasteiger partial charge is 0.186 e. The van der Waals surface area contributed by atoms with Gasteiger partial charge in [0.05, 0.1) is 0 Å². The van der Waals surface area contributed by atoms with Crippen molar-refractivity contribution in [2.24, 2.45) is 0 Å². The van der Waals surface area contributed by atoms with Crippen LogP contribution in [0.3, 0.4) is 0 Å². The molecule has 66 valence electrons. The lowest BCUT2D eigenvalue weighted by atomic mass is 10.0. The molecule has 0 heterocycles. The van der Waals surface area contributed by atoms with Gasteiger partial charge in [-0.3, -0.25) is 0 Å². The first-order valence-corrected chi connectivity index (χ1v) is 4.08. The number of aliphatic hydroxyl groups is 2. The van der Waals surface area contributed by atoms with Gasteiger partial charge in [-0.1, -0.05) is 31.2 Å². The minimum Gasteiger partial charge on any atom is -0.362 e. The summed E-state index contributed by atoms with van der Waals surface area (Å²) in [7, 11) is 0. The Balaban J connectivity index is 2.93. The molecule has 0 fully saturated rings. The van der Waals surface area contributed by atoms with E-state index < -0.39 is 5.79 Å². The highest BCUT2D eigenvalue weighted by Gasteiger charge is 2.17. The molecule has 1 aromatic rings. The Kier molecular flexibility index (Phi) is 2.50. The van der Waals surface area contributed by atoms with Crippen LogP contribution in [0.1, 0.15) is 25.0 Å². The summed E-state index contributed by atoms with van der Waals surface area (Å²) in [6.07, 6.45) is 0.966. The van der Waals surface area contributed by atoms with Crippen LogP contribution in [0.2, 0.25) is 0 Å². The second-order valence-electron chi connectivity index (χ2n) is 3.07. The Morgan fingerprint density at radius 3 is 2.00 bits per heavy atom. The largest absolute Gasteiger partial charge is 0.362 e. The lowest BCUT2D eigenvalue weighted by Crippen LogP contribution is -2.19. The molecule has 0 radical (unpaired) electrons. The SMILES string of the molecule is CCc1ccc(C(C)(O)O)cc1. The van der Waals surface area contributed by atoms with Crippen molar-refractivity contribution in [1.82, 2.24) is 0 Å². The summed E-state index contributed by atoms with van der Waals surface area (Å²) in [5.74, 6) is -1.72. The van der Waals surface area contributed by atoms with Crippen molar-refractivity contribution in [3.8, 4) is 0 Å². The van der Waals surface area contributed by atoms with Gasteiger partial charge >= 0.3 is 0 Å². The number of benzene rings is 1. The molecular formula is C10H14O2. The van der Waals surface area contributed by atoms with Crippen molar-refractivity contribution in [3.05, 3.63) is 35.4 Å². The van der Waals surface area contributed by atoms with Crippen LogP contribution >= 0.6 is 0 Å². The summed E-state index contributed by atoms with van der Waals surface area (Å²) in [6, 6.07) is 7.28. The maximum absolute atomic E-state index is 9.21. The van der Waals surface area contributed by atoms with Gasteiger partial charge in [-0.15, -0.1) is 0 Å². The normalized spacial score (nSPS) is 11.7. The van der Waals surface area contributed by atoms with Crippen molar-refractivity contribution in [3.63, 3.8) is 0 Å². The van der Waals surface area contributed by atoms with Gasteiger partial charge in [-0.2, -0.15) is 0 Å². The van der Waals surface area contributed by atoms with Crippen LogP contribution in [-0.4, -0.2) is 10.2 Å². The summed E-state index contributed by atoms with van der Waals surface area (Å²) in [4.78, 5) is 0. The molecule has 0 aliphatic heterocycles. The van der Waals surface area contributed by atoms with Crippen LogP contribution in [0.5, 0.6) is 0 Å². The lowest BCUT2D eigenvalue weighted by molar-refractivity contribution is -0.152. The molecule has 0 amide bonds. The van der Waals surface area contributed by atoms with E-state index in [2.05, 4.69) is 6.92 Å². The van der Waals surface area contributed by atoms with E-state index in [9.17, 15) is 10.2 Å². The number of hydrogen-bond acceptors (Lipinski definition) is 2. The number of rotatable bonds is 2. The Labute approximate surface area is 72.5 Å². The molecule has 2 N–H and O–H groups in total. The summed E-state index contributed by atoms with van der Waals surface area (Å²) in [5.41, 5.74) is 1.72. The highest BCUT2D eigenvalue weighted by atomic mass is 16.5. The first-order valence-electron chi connectivity index (χ1n) is 4.08. The van der Waals surface area contributed by atoms with Gasteiger partial charge in [0.1, 0.15) is 0 Å². The van der Waals surface area contributed by atoms with Gasteiger partial charge in [-0.25, -0.2) is 0 Å². The van der Waals surface area contributed by atoms with Crippen LogP contribution in [0.4, 0.5) is 0 Å². The summed E-state index contributed by atoms with van der Waals surface area (Å²) < 4.78 is 0. The fraction of sp³-hybridized carbons (Fsp3) is 0.400. The van der Waals surface area contributed by atoms with E-state index in [0.29, 0.717) is 5.56 Å². The third-order valence-electron chi connectivity index (χ3n) is 1.91. The van der Waals surface area contributed by atoms with Crippen LogP contribution in [0.15, 0.2) is 24.3 Å². The van der Waals surface area contributed by atoms with Crippen molar-refractivity contribution < 1.29 is 10.2 Å². The van der Waals surface area contributed by atoms with Crippen LogP contribution in [-0.2, 0) is 12.2 Å². The highest BCUT2D eigenvalue weighted by Crippen LogP contribution is 2.17. The van der Waals surface area contributed by atoms with Crippen molar-refractivity contribution in [2.45, 2.75) is 26.1 Å². The molecule has 12 heavy (non-hydrogen) atoms. The first-order chi connectivity index (χ1) is 5.54. The third kappa shape index (κ3) is 2.06. The van der Waals surface area contributed by atoms with Crippen molar-refractivity contribution >= 4 is 0 Å². The van der Waals surface area contributed by atoms with Gasteiger partial charge in [0.25, 0.3) is 0 Å². The quantitative estimate of drug-likeness (QED) is 0.652. The van der Waals surface area contributed by atoms with E-state index in [4.69, 9.17) is 0 Å². The second kappa shape index (κ2) is 3.25. The van der Waals surface area contributed by atoms with E-state index in [0.717, 1.165) is 6.42 Å². The molecule has 2 nitrogen and oxygen atoms in total. The molecule has 0 unspecified atom stereocenters. The van der Waals surface area contributed by atoms with Crippen LogP contribution < -0.4 is 0 Å². The van der Waals surface area contributed by atoms with Gasteiger partial charge in [-0.05, 0) is 18.9 Å². The predicted octanol–water partition coefficient (Wildman–Crippen LogP) is 1.41. The molecule has 0 aliphatic carbocycles. The van der Waals surface area contributed by atoms with Gasteiger partial charge in [0.15, 0.2) is 5.79 Å². The topological polar surface area (TPSA) is 40.5 Å². The molecule has 0 bridgehead atoms. The van der Waals surface area contributed by atoms with Crippen molar-refractivity contribution in [2.75, 3.05) is 0 Å². The fourth-order valence-electron chi connectivity index (χ4n) is 1.06. The predicted molar refractivity (Wildman–Crippen MR) is 47.6 cm³/mol. The lowest BCUT2D eigenvalue weighted by Gasteiger charge is -2.16. The second-order valence-corrected chi connectivity index (χ2v) is 3.07. The van der Waals surface area contributed by atoms with Gasteiger partial charge in [0, 0.05) is 5.56 Å². The zero-order chi connectivity index (χ0) is 9.19. The Morgan fingerprint density at radius 2 is 1.67 bits per heavy atom. The zero-order valence-electron chi connectivity index (χ0n) is 7.41. The standard InChI is InChI=1S/C10H14O2/c1-3-8-4-6-9(7-5-8)10(2,11)12/h4-7,11-12H,3H2,1-2H3. The Bertz CT molecular complexity index is 244. The Morgan fingerprint density at radius 1 is 1.17 bits per heavy atom. The van der Waals surface area contributed by atoms with Crippen molar-refractivity contribution in [1.29, 1.82) is 0 Å². The minimum absolute atomic E-state index is 0.528. The molecule has 0 saturated carbocycles. The summed E-state index contributed by atoms with van der Waals surface area (Å²) >= 11 is 0. The van der Waals surface area contributed by atoms with E-state index in [1.54, 1.807) is 12.1 Å². The molecule has 0 saturated heterocycles. The van der Waals surface area contributed by atoms with E-state index in [1.165, 1.54) is 12.5 Å². The molecule has 1 aromatic carbocycles. The maximum Gasteiger partial charge on any atom is 0.186 e. The number of aryl methyl sites for hydroxylation is 1. The van der Waals surface area contributed by atoms with E-state index in [-0.39, 0.29) is 0 Å². The monoisotopic (exact) mass is 166 g/mol. The third-order valence-corrected chi connectivity index (χ3v) is 1.91. The molecule has 0 atom stereocenters. The van der Waals surface area contributed by atoms with E-state index >= 15 is 0 Å². The zero-order valence-corrected chi connectivity index (χ0v) is 7.41. The molecular weight excluding hydrogens is 152 g/mol. The molecule has 0 aromatic heterocycles. The first kappa shape index (κ1) is 9.23. The van der Waals surface area contributed by atoms with E-state index in [1.807, 2.05) is 12.1 Å². The van der Waals surface area contributed by atoms with Gasteiger partial charge in [0.2, 0.25) is 0 Å². The molecule has 0 spiro atoms. The van der Waals surface area contributed by atoms with Crippen LogP contribution in [0.25, 0.3) is 0 Å². The summed E-state index contributed by atoms with van der Waals surface area (Å²) in [6.45, 7) is 3.42. The average molecular weight is 166 g/mol.